The molecule has 0 spiro atoms. The molecule has 0 bridgehead atoms. The first-order valence-corrected chi connectivity index (χ1v) is 5.88. The van der Waals surface area contributed by atoms with Crippen LogP contribution in [0.1, 0.15) is 19.8 Å². The summed E-state index contributed by atoms with van der Waals surface area (Å²) in [6.45, 7) is 5.46. The first kappa shape index (κ1) is 10.9. The molecule has 0 radical (unpaired) electrons. The molecule has 86 valence electrons. The fraction of sp³-hybridized carbons (Fsp3) is 0.909. The van der Waals surface area contributed by atoms with Crippen molar-refractivity contribution in [3.8, 4) is 0 Å². The number of carbonyl (C=O) groups is 1. The van der Waals surface area contributed by atoms with Gasteiger partial charge in [0.05, 0.1) is 6.54 Å². The fourth-order valence-electron chi connectivity index (χ4n) is 1.91. The van der Waals surface area contributed by atoms with Crippen molar-refractivity contribution in [1.29, 1.82) is 0 Å². The molecule has 1 saturated heterocycles. The summed E-state index contributed by atoms with van der Waals surface area (Å²) in [5, 5.41) is 3.27. The SMILES string of the molecule is CC1CN(C(=O)CNC2CC2)CCN1C. The fourth-order valence-corrected chi connectivity index (χ4v) is 1.91. The monoisotopic (exact) mass is 211 g/mol. The summed E-state index contributed by atoms with van der Waals surface area (Å²) in [5.74, 6) is 0.266. The molecule has 1 unspecified atom stereocenters. The highest BCUT2D eigenvalue weighted by Gasteiger charge is 2.26. The number of carbonyl (C=O) groups excluding carboxylic acids is 1. The molecule has 1 aliphatic heterocycles. The Bertz CT molecular complexity index is 240. The third-order valence-electron chi connectivity index (χ3n) is 3.43. The molecule has 1 atom stereocenters. The molecular formula is C11H21N3O. The highest BCUT2D eigenvalue weighted by molar-refractivity contribution is 5.78. The van der Waals surface area contributed by atoms with Crippen molar-refractivity contribution in [3.05, 3.63) is 0 Å². The maximum absolute atomic E-state index is 11.8. The molecule has 15 heavy (non-hydrogen) atoms. The summed E-state index contributed by atoms with van der Waals surface area (Å²) >= 11 is 0. The normalized spacial score (nSPS) is 28.1. The zero-order valence-corrected chi connectivity index (χ0v) is 9.70. The number of piperazine rings is 1. The molecule has 0 aromatic rings. The van der Waals surface area contributed by atoms with Gasteiger partial charge in [-0.25, -0.2) is 0 Å². The van der Waals surface area contributed by atoms with Crippen LogP contribution in [0.2, 0.25) is 0 Å². The second-order valence-corrected chi connectivity index (χ2v) is 4.82. The molecule has 1 saturated carbocycles. The Hall–Kier alpha value is -0.610. The summed E-state index contributed by atoms with van der Waals surface area (Å²) < 4.78 is 0. The van der Waals surface area contributed by atoms with Crippen LogP contribution in [0.5, 0.6) is 0 Å². The third kappa shape index (κ3) is 2.92. The van der Waals surface area contributed by atoms with E-state index >= 15 is 0 Å². The van der Waals surface area contributed by atoms with Gasteiger partial charge in [0, 0.05) is 31.7 Å². The summed E-state index contributed by atoms with van der Waals surface area (Å²) in [7, 11) is 2.12. The van der Waals surface area contributed by atoms with Crippen LogP contribution in [0, 0.1) is 0 Å². The van der Waals surface area contributed by atoms with Crippen LogP contribution in [0.4, 0.5) is 0 Å². The van der Waals surface area contributed by atoms with E-state index in [9.17, 15) is 4.79 Å². The highest BCUT2D eigenvalue weighted by Crippen LogP contribution is 2.18. The molecule has 2 rings (SSSR count). The second-order valence-electron chi connectivity index (χ2n) is 4.82. The predicted octanol–water partition coefficient (Wildman–Crippen LogP) is -0.0991. The molecule has 2 aliphatic rings. The zero-order chi connectivity index (χ0) is 10.8. The maximum Gasteiger partial charge on any atom is 0.236 e. The van der Waals surface area contributed by atoms with Gasteiger partial charge < -0.3 is 15.1 Å². The van der Waals surface area contributed by atoms with E-state index in [-0.39, 0.29) is 5.91 Å². The van der Waals surface area contributed by atoms with Gasteiger partial charge in [-0.15, -0.1) is 0 Å². The summed E-state index contributed by atoms with van der Waals surface area (Å²) in [6.07, 6.45) is 2.48. The zero-order valence-electron chi connectivity index (χ0n) is 9.70. The summed E-state index contributed by atoms with van der Waals surface area (Å²) in [5.41, 5.74) is 0. The number of hydrogen-bond acceptors (Lipinski definition) is 3. The number of amides is 1. The average Bonchev–Trinajstić information content (AvgIpc) is 3.02. The van der Waals surface area contributed by atoms with E-state index in [0.29, 0.717) is 18.6 Å². The molecule has 4 nitrogen and oxygen atoms in total. The Balaban J connectivity index is 1.74. The lowest BCUT2D eigenvalue weighted by Crippen LogP contribution is -2.53. The molecule has 1 aliphatic carbocycles. The molecule has 2 fully saturated rings. The van der Waals surface area contributed by atoms with E-state index in [1.54, 1.807) is 0 Å². The third-order valence-corrected chi connectivity index (χ3v) is 3.43. The van der Waals surface area contributed by atoms with Crippen LogP contribution in [-0.4, -0.2) is 61.0 Å². The Morgan fingerprint density at radius 1 is 1.40 bits per heavy atom. The first-order valence-electron chi connectivity index (χ1n) is 5.88. The quantitative estimate of drug-likeness (QED) is 0.708. The molecule has 1 heterocycles. The number of hydrogen-bond donors (Lipinski definition) is 1. The lowest BCUT2D eigenvalue weighted by Gasteiger charge is -2.37. The van der Waals surface area contributed by atoms with Gasteiger partial charge in [0.15, 0.2) is 0 Å². The van der Waals surface area contributed by atoms with E-state index in [1.165, 1.54) is 12.8 Å². The molecule has 1 amide bonds. The van der Waals surface area contributed by atoms with Gasteiger partial charge in [0.2, 0.25) is 5.91 Å². The predicted molar refractivity (Wildman–Crippen MR) is 59.7 cm³/mol. The van der Waals surface area contributed by atoms with E-state index in [4.69, 9.17) is 0 Å². The topological polar surface area (TPSA) is 35.6 Å². The van der Waals surface area contributed by atoms with Gasteiger partial charge in [0.25, 0.3) is 0 Å². The van der Waals surface area contributed by atoms with Crippen molar-refractivity contribution in [2.45, 2.75) is 31.8 Å². The molecule has 0 aromatic carbocycles. The van der Waals surface area contributed by atoms with Crippen molar-refractivity contribution < 1.29 is 4.79 Å². The van der Waals surface area contributed by atoms with Crippen LogP contribution in [0.15, 0.2) is 0 Å². The summed E-state index contributed by atoms with van der Waals surface area (Å²) in [4.78, 5) is 16.1. The van der Waals surface area contributed by atoms with E-state index in [1.807, 2.05) is 4.90 Å². The minimum atomic E-state index is 0.266. The Labute approximate surface area is 91.6 Å². The number of rotatable bonds is 3. The van der Waals surface area contributed by atoms with Crippen molar-refractivity contribution in [1.82, 2.24) is 15.1 Å². The lowest BCUT2D eigenvalue weighted by molar-refractivity contribution is -0.132. The van der Waals surface area contributed by atoms with Crippen LogP contribution >= 0.6 is 0 Å². The first-order chi connectivity index (χ1) is 7.16. The minimum Gasteiger partial charge on any atom is -0.339 e. The molecule has 4 heteroatoms. The van der Waals surface area contributed by atoms with E-state index in [2.05, 4.69) is 24.2 Å². The Morgan fingerprint density at radius 3 is 2.73 bits per heavy atom. The van der Waals surface area contributed by atoms with Crippen LogP contribution in [0.3, 0.4) is 0 Å². The van der Waals surface area contributed by atoms with Crippen LogP contribution in [0.25, 0.3) is 0 Å². The van der Waals surface area contributed by atoms with Gasteiger partial charge in [-0.1, -0.05) is 0 Å². The molecule has 1 N–H and O–H groups in total. The Morgan fingerprint density at radius 2 is 2.13 bits per heavy atom. The van der Waals surface area contributed by atoms with Gasteiger partial charge >= 0.3 is 0 Å². The molecular weight excluding hydrogens is 190 g/mol. The van der Waals surface area contributed by atoms with Crippen LogP contribution < -0.4 is 5.32 Å². The second kappa shape index (κ2) is 4.49. The standard InChI is InChI=1S/C11H21N3O/c1-9-8-14(6-5-13(9)2)11(15)7-12-10-3-4-10/h9-10,12H,3-8H2,1-2H3. The van der Waals surface area contributed by atoms with Gasteiger partial charge in [-0.3, -0.25) is 4.79 Å². The van der Waals surface area contributed by atoms with Gasteiger partial charge in [0.1, 0.15) is 0 Å². The maximum atomic E-state index is 11.8. The van der Waals surface area contributed by atoms with Gasteiger partial charge in [-0.05, 0) is 26.8 Å². The smallest absolute Gasteiger partial charge is 0.236 e. The number of nitrogens with zero attached hydrogens (tertiary/aromatic N) is 2. The lowest BCUT2D eigenvalue weighted by atomic mass is 10.2. The number of likely N-dealkylation sites (N-methyl/N-ethyl adjacent to an activating group) is 1. The van der Waals surface area contributed by atoms with Crippen molar-refractivity contribution in [3.63, 3.8) is 0 Å². The van der Waals surface area contributed by atoms with Crippen molar-refractivity contribution in [2.75, 3.05) is 33.2 Å². The summed E-state index contributed by atoms with van der Waals surface area (Å²) in [6, 6.07) is 1.11. The van der Waals surface area contributed by atoms with Crippen molar-refractivity contribution in [2.24, 2.45) is 0 Å². The van der Waals surface area contributed by atoms with Crippen molar-refractivity contribution >= 4 is 5.91 Å². The van der Waals surface area contributed by atoms with Gasteiger partial charge in [-0.2, -0.15) is 0 Å². The minimum absolute atomic E-state index is 0.266. The largest absolute Gasteiger partial charge is 0.339 e. The van der Waals surface area contributed by atoms with E-state index < -0.39 is 0 Å². The highest BCUT2D eigenvalue weighted by atomic mass is 16.2. The van der Waals surface area contributed by atoms with Crippen LogP contribution in [-0.2, 0) is 4.79 Å². The molecule has 0 aromatic heterocycles. The van der Waals surface area contributed by atoms with E-state index in [0.717, 1.165) is 19.6 Å². The Kier molecular flexibility index (Phi) is 3.26. The number of nitrogens with one attached hydrogen (secondary N) is 1. The average molecular weight is 211 g/mol.